The van der Waals surface area contributed by atoms with Crippen molar-refractivity contribution in [1.82, 2.24) is 0 Å². The molecule has 40 valence electrons. The summed E-state index contributed by atoms with van der Waals surface area (Å²) in [5.74, 6) is 1.09. The highest BCUT2D eigenvalue weighted by molar-refractivity contribution is 9.25. The molecule has 0 nitrogen and oxygen atoms in total. The van der Waals surface area contributed by atoms with E-state index in [4.69, 9.17) is 0 Å². The molecule has 0 radical (unpaired) electrons. The molecule has 1 heterocycles. The van der Waals surface area contributed by atoms with E-state index in [1.165, 1.54) is 0 Å². The highest BCUT2D eigenvalue weighted by Crippen LogP contribution is 2.37. The van der Waals surface area contributed by atoms with E-state index < -0.39 is 0 Å². The van der Waals surface area contributed by atoms with Crippen molar-refractivity contribution < 1.29 is 0 Å². The van der Waals surface area contributed by atoms with Gasteiger partial charge in [-0.25, -0.2) is 0 Å². The molecule has 0 aromatic rings. The first-order chi connectivity index (χ1) is 3.21. The van der Waals surface area contributed by atoms with Gasteiger partial charge in [0.25, 0.3) is 0 Å². The van der Waals surface area contributed by atoms with E-state index in [9.17, 15) is 0 Å². The molecule has 0 fully saturated rings. The number of halogens is 2. The lowest BCUT2D eigenvalue weighted by Gasteiger charge is -2.05. The predicted molar refractivity (Wildman–Crippen MR) is 42.2 cm³/mol. The van der Waals surface area contributed by atoms with Gasteiger partial charge in [-0.3, -0.25) is 0 Å². The van der Waals surface area contributed by atoms with Gasteiger partial charge in [0.1, 0.15) is 3.23 Å². The summed E-state index contributed by atoms with van der Waals surface area (Å²) in [7, 11) is 0. The number of allylic oxidation sites excluding steroid dienone is 1. The van der Waals surface area contributed by atoms with Gasteiger partial charge >= 0.3 is 0 Å². The number of thioether (sulfide) groups is 1. The van der Waals surface area contributed by atoms with Crippen LogP contribution in [-0.2, 0) is 0 Å². The van der Waals surface area contributed by atoms with Crippen molar-refractivity contribution in [2.24, 2.45) is 0 Å². The molecule has 0 amide bonds. The number of rotatable bonds is 0. The molecular weight excluding hydrogens is 240 g/mol. The fourth-order valence-corrected chi connectivity index (χ4v) is 2.51. The van der Waals surface area contributed by atoms with E-state index in [1.54, 1.807) is 11.8 Å². The van der Waals surface area contributed by atoms with Gasteiger partial charge in [0.15, 0.2) is 0 Å². The van der Waals surface area contributed by atoms with Gasteiger partial charge < -0.3 is 0 Å². The number of hydrogen-bond acceptors (Lipinski definition) is 1. The van der Waals surface area contributed by atoms with E-state index in [-0.39, 0.29) is 3.23 Å². The lowest BCUT2D eigenvalue weighted by Crippen LogP contribution is -2.04. The Bertz CT molecular complexity index is 97.9. The Morgan fingerprint density at radius 1 is 1.57 bits per heavy atom. The van der Waals surface area contributed by atoms with Crippen molar-refractivity contribution in [2.45, 2.75) is 3.23 Å². The quantitative estimate of drug-likeness (QED) is 0.590. The third-order valence-electron chi connectivity index (χ3n) is 0.684. The molecule has 0 saturated heterocycles. The van der Waals surface area contributed by atoms with Crippen LogP contribution in [0.2, 0.25) is 0 Å². The summed E-state index contributed by atoms with van der Waals surface area (Å²) in [5.41, 5.74) is 0. The zero-order valence-electron chi connectivity index (χ0n) is 3.53. The molecule has 0 N–H and O–H groups in total. The summed E-state index contributed by atoms with van der Waals surface area (Å²) < 4.78 is 0.102. The largest absolute Gasteiger partial charge is 0.132 e. The van der Waals surface area contributed by atoms with Crippen molar-refractivity contribution in [2.75, 3.05) is 5.75 Å². The third kappa shape index (κ3) is 1.78. The molecule has 3 heteroatoms. The Kier molecular flexibility index (Phi) is 1.86. The molecular formula is C4H4Br2S. The first-order valence-electron chi connectivity index (χ1n) is 1.88. The van der Waals surface area contributed by atoms with E-state index in [1.807, 2.05) is 0 Å². The van der Waals surface area contributed by atoms with Gasteiger partial charge in [0, 0.05) is 5.75 Å². The highest BCUT2D eigenvalue weighted by atomic mass is 79.9. The summed E-state index contributed by atoms with van der Waals surface area (Å²) in [6.07, 6.45) is 2.09. The van der Waals surface area contributed by atoms with Crippen LogP contribution < -0.4 is 0 Å². The van der Waals surface area contributed by atoms with E-state index in [0.29, 0.717) is 0 Å². The Morgan fingerprint density at radius 3 is 2.43 bits per heavy atom. The number of alkyl halides is 2. The van der Waals surface area contributed by atoms with Crippen molar-refractivity contribution in [3.05, 3.63) is 11.5 Å². The Labute approximate surface area is 64.0 Å². The molecule has 1 aliphatic rings. The van der Waals surface area contributed by atoms with Crippen molar-refractivity contribution in [1.29, 1.82) is 0 Å². The second kappa shape index (κ2) is 2.11. The van der Waals surface area contributed by atoms with Gasteiger partial charge in [-0.1, -0.05) is 37.9 Å². The minimum absolute atomic E-state index is 0.102. The minimum Gasteiger partial charge on any atom is -0.132 e. The summed E-state index contributed by atoms with van der Waals surface area (Å²) in [5, 5.41) is 2.09. The second-order valence-electron chi connectivity index (χ2n) is 1.37. The van der Waals surface area contributed by atoms with Crippen LogP contribution in [0.4, 0.5) is 0 Å². The average molecular weight is 244 g/mol. The zero-order chi connectivity index (χ0) is 5.33. The molecule has 0 aromatic carbocycles. The van der Waals surface area contributed by atoms with Crippen molar-refractivity contribution >= 4 is 43.6 Å². The molecule has 0 aliphatic carbocycles. The topological polar surface area (TPSA) is 0 Å². The van der Waals surface area contributed by atoms with Crippen LogP contribution >= 0.6 is 43.6 Å². The normalized spacial score (nSPS) is 26.0. The summed E-state index contributed by atoms with van der Waals surface area (Å²) in [6.45, 7) is 0. The maximum atomic E-state index is 3.45. The van der Waals surface area contributed by atoms with E-state index in [2.05, 4.69) is 43.3 Å². The lowest BCUT2D eigenvalue weighted by molar-refractivity contribution is 1.26. The molecule has 0 aromatic heterocycles. The molecule has 0 saturated carbocycles. The van der Waals surface area contributed by atoms with Crippen LogP contribution in [0.5, 0.6) is 0 Å². The van der Waals surface area contributed by atoms with Gasteiger partial charge in [0.2, 0.25) is 0 Å². The summed E-state index contributed by atoms with van der Waals surface area (Å²) in [4.78, 5) is 0. The van der Waals surface area contributed by atoms with Crippen LogP contribution in [-0.4, -0.2) is 8.99 Å². The van der Waals surface area contributed by atoms with Crippen LogP contribution in [0.15, 0.2) is 11.5 Å². The monoisotopic (exact) mass is 242 g/mol. The Balaban J connectivity index is 2.57. The van der Waals surface area contributed by atoms with Crippen LogP contribution in [0.25, 0.3) is 0 Å². The zero-order valence-corrected chi connectivity index (χ0v) is 7.51. The molecule has 0 atom stereocenters. The van der Waals surface area contributed by atoms with Gasteiger partial charge in [-0.15, -0.1) is 11.8 Å². The molecule has 0 bridgehead atoms. The second-order valence-corrected chi connectivity index (χ2v) is 6.16. The van der Waals surface area contributed by atoms with Crippen molar-refractivity contribution in [3.8, 4) is 0 Å². The number of hydrogen-bond donors (Lipinski definition) is 0. The fraction of sp³-hybridized carbons (Fsp3) is 0.500. The maximum Gasteiger partial charge on any atom is 0.108 e. The Hall–Kier alpha value is 1.05. The van der Waals surface area contributed by atoms with E-state index in [0.717, 1.165) is 5.75 Å². The molecule has 1 aliphatic heterocycles. The SMILES string of the molecule is BrC1(Br)C=CSC1. The van der Waals surface area contributed by atoms with Crippen molar-refractivity contribution in [3.63, 3.8) is 0 Å². The average Bonchev–Trinajstić information content (AvgIpc) is 1.84. The molecule has 7 heavy (non-hydrogen) atoms. The van der Waals surface area contributed by atoms with Gasteiger partial charge in [-0.2, -0.15) is 0 Å². The maximum absolute atomic E-state index is 3.45. The molecule has 0 unspecified atom stereocenters. The minimum atomic E-state index is 0.102. The highest BCUT2D eigenvalue weighted by Gasteiger charge is 2.21. The Morgan fingerprint density at radius 2 is 2.29 bits per heavy atom. The smallest absolute Gasteiger partial charge is 0.108 e. The first kappa shape index (κ1) is 6.17. The van der Waals surface area contributed by atoms with Crippen LogP contribution in [0.1, 0.15) is 0 Å². The predicted octanol–water partition coefficient (Wildman–Crippen LogP) is 2.73. The molecule has 1 rings (SSSR count). The van der Waals surface area contributed by atoms with Crippen LogP contribution in [0.3, 0.4) is 0 Å². The molecule has 0 spiro atoms. The fourth-order valence-electron chi connectivity index (χ4n) is 0.355. The van der Waals surface area contributed by atoms with Gasteiger partial charge in [-0.05, 0) is 5.41 Å². The van der Waals surface area contributed by atoms with E-state index >= 15 is 0 Å². The van der Waals surface area contributed by atoms with Crippen LogP contribution in [0, 0.1) is 0 Å². The summed E-state index contributed by atoms with van der Waals surface area (Å²) in [6, 6.07) is 0. The van der Waals surface area contributed by atoms with Gasteiger partial charge in [0.05, 0.1) is 0 Å². The third-order valence-corrected chi connectivity index (χ3v) is 3.47. The standard InChI is InChI=1S/C4H4Br2S/c5-4(6)1-2-7-3-4/h1-2H,3H2. The first-order valence-corrected chi connectivity index (χ1v) is 4.51. The summed E-state index contributed by atoms with van der Waals surface area (Å²) >= 11 is 8.71. The lowest BCUT2D eigenvalue weighted by atomic mass is 10.5.